The maximum atomic E-state index is 11.9. The highest BCUT2D eigenvalue weighted by Crippen LogP contribution is 2.39. The Balaban J connectivity index is 2.53. The fourth-order valence-electron chi connectivity index (χ4n) is 2.74. The van der Waals surface area contributed by atoms with E-state index < -0.39 is 11.4 Å². The fourth-order valence-corrected chi connectivity index (χ4v) is 2.74. The number of carbonyl (C=O) groups excluding carboxylic acids is 1. The van der Waals surface area contributed by atoms with Gasteiger partial charge in [0.25, 0.3) is 0 Å². The van der Waals surface area contributed by atoms with E-state index in [4.69, 9.17) is 5.11 Å². The smallest absolute Gasteiger partial charge is 0.304 e. The molecule has 1 N–H and O–H groups in total. The summed E-state index contributed by atoms with van der Waals surface area (Å²) in [7, 11) is 1.76. The van der Waals surface area contributed by atoms with E-state index in [-0.39, 0.29) is 12.3 Å². The van der Waals surface area contributed by atoms with Crippen LogP contribution in [0.4, 0.5) is 5.69 Å². The first kappa shape index (κ1) is 13.6. The maximum Gasteiger partial charge on any atom is 0.304 e. The van der Waals surface area contributed by atoms with Crippen LogP contribution in [0.2, 0.25) is 0 Å². The Morgan fingerprint density at radius 1 is 1.37 bits per heavy atom. The van der Waals surface area contributed by atoms with E-state index in [1.54, 1.807) is 11.9 Å². The number of carboxylic acid groups (broad SMARTS) is 1. The van der Waals surface area contributed by atoms with Crippen molar-refractivity contribution < 1.29 is 14.7 Å². The predicted molar refractivity (Wildman–Crippen MR) is 73.5 cm³/mol. The van der Waals surface area contributed by atoms with Gasteiger partial charge < -0.3 is 10.0 Å². The lowest BCUT2D eigenvalue weighted by molar-refractivity contribution is -0.138. The van der Waals surface area contributed by atoms with Crippen LogP contribution in [0.5, 0.6) is 0 Å². The second kappa shape index (κ2) is 4.68. The van der Waals surface area contributed by atoms with Crippen molar-refractivity contribution in [2.24, 2.45) is 0 Å². The molecule has 102 valence electrons. The zero-order valence-electron chi connectivity index (χ0n) is 11.6. The van der Waals surface area contributed by atoms with Crippen LogP contribution in [0, 0.1) is 0 Å². The summed E-state index contributed by atoms with van der Waals surface area (Å²) in [4.78, 5) is 24.6. The van der Waals surface area contributed by atoms with Crippen molar-refractivity contribution in [2.45, 2.75) is 38.5 Å². The van der Waals surface area contributed by atoms with Gasteiger partial charge in [-0.15, -0.1) is 0 Å². The van der Waals surface area contributed by atoms with Crippen LogP contribution in [-0.2, 0) is 21.4 Å². The van der Waals surface area contributed by atoms with Crippen molar-refractivity contribution in [1.82, 2.24) is 0 Å². The van der Waals surface area contributed by atoms with Crippen molar-refractivity contribution in [3.63, 3.8) is 0 Å². The minimum Gasteiger partial charge on any atom is -0.481 e. The third kappa shape index (κ3) is 2.48. The van der Waals surface area contributed by atoms with Crippen LogP contribution in [0.1, 0.15) is 37.8 Å². The van der Waals surface area contributed by atoms with Gasteiger partial charge >= 0.3 is 5.97 Å². The summed E-state index contributed by atoms with van der Waals surface area (Å²) in [5, 5.41) is 9.05. The molecular weight excluding hydrogens is 242 g/mol. The van der Waals surface area contributed by atoms with E-state index in [0.29, 0.717) is 6.42 Å². The largest absolute Gasteiger partial charge is 0.481 e. The molecule has 0 fully saturated rings. The molecule has 0 spiro atoms. The average Bonchev–Trinajstić information content (AvgIpc) is 2.32. The first-order chi connectivity index (χ1) is 8.83. The molecule has 0 radical (unpaired) electrons. The molecule has 4 nitrogen and oxygen atoms in total. The number of nitrogens with zero attached hydrogens (tertiary/aromatic N) is 1. The Kier molecular flexibility index (Phi) is 3.35. The number of hydrogen-bond donors (Lipinski definition) is 1. The van der Waals surface area contributed by atoms with E-state index in [1.807, 2.05) is 32.0 Å². The van der Waals surface area contributed by atoms with Gasteiger partial charge in [-0.3, -0.25) is 9.59 Å². The standard InChI is InChI=1S/C15H19NO3/c1-15(2,9-13(18)19)11-6-4-5-10-7-8-12(17)16(3)14(10)11/h4-6H,7-9H2,1-3H3,(H,18,19). The molecule has 1 amide bonds. The summed E-state index contributed by atoms with van der Waals surface area (Å²) in [6, 6.07) is 5.89. The fraction of sp³-hybridized carbons (Fsp3) is 0.467. The van der Waals surface area contributed by atoms with E-state index in [1.165, 1.54) is 0 Å². The summed E-state index contributed by atoms with van der Waals surface area (Å²) in [6.45, 7) is 3.81. The SMILES string of the molecule is CN1C(=O)CCc2cccc(C(C)(C)CC(=O)O)c21. The summed E-state index contributed by atoms with van der Waals surface area (Å²) < 4.78 is 0. The second-order valence-corrected chi connectivity index (χ2v) is 5.72. The molecule has 19 heavy (non-hydrogen) atoms. The zero-order valence-corrected chi connectivity index (χ0v) is 11.6. The number of carbonyl (C=O) groups is 2. The first-order valence-corrected chi connectivity index (χ1v) is 6.43. The molecule has 1 aromatic rings. The Bertz CT molecular complexity index is 534. The number of para-hydroxylation sites is 1. The topological polar surface area (TPSA) is 57.6 Å². The van der Waals surface area contributed by atoms with Gasteiger partial charge in [-0.2, -0.15) is 0 Å². The van der Waals surface area contributed by atoms with Gasteiger partial charge in [0.1, 0.15) is 0 Å². The lowest BCUT2D eigenvalue weighted by Crippen LogP contribution is -2.34. The van der Waals surface area contributed by atoms with Crippen LogP contribution in [0.15, 0.2) is 18.2 Å². The molecular formula is C15H19NO3. The van der Waals surface area contributed by atoms with Crippen molar-refractivity contribution in [3.05, 3.63) is 29.3 Å². The molecule has 1 heterocycles. The van der Waals surface area contributed by atoms with Crippen LogP contribution in [-0.4, -0.2) is 24.0 Å². The highest BCUT2D eigenvalue weighted by molar-refractivity contribution is 5.97. The number of rotatable bonds is 3. The monoisotopic (exact) mass is 261 g/mol. The summed E-state index contributed by atoms with van der Waals surface area (Å²) in [6.07, 6.45) is 1.30. The lowest BCUT2D eigenvalue weighted by atomic mass is 9.78. The van der Waals surface area contributed by atoms with Crippen molar-refractivity contribution in [2.75, 3.05) is 11.9 Å². The van der Waals surface area contributed by atoms with Crippen molar-refractivity contribution >= 4 is 17.6 Å². The number of amides is 1. The van der Waals surface area contributed by atoms with Gasteiger partial charge in [-0.05, 0) is 17.5 Å². The van der Waals surface area contributed by atoms with Crippen LogP contribution >= 0.6 is 0 Å². The first-order valence-electron chi connectivity index (χ1n) is 6.43. The highest BCUT2D eigenvalue weighted by atomic mass is 16.4. The molecule has 0 saturated carbocycles. The summed E-state index contributed by atoms with van der Waals surface area (Å²) in [5.74, 6) is -0.738. The predicted octanol–water partition coefficient (Wildman–Crippen LogP) is 2.35. The Labute approximate surface area is 113 Å². The van der Waals surface area contributed by atoms with Gasteiger partial charge in [0.2, 0.25) is 5.91 Å². The normalized spacial score (nSPS) is 15.3. The third-order valence-corrected chi connectivity index (χ3v) is 3.76. The maximum absolute atomic E-state index is 11.9. The van der Waals surface area contributed by atoms with Gasteiger partial charge in [0.15, 0.2) is 0 Å². The Morgan fingerprint density at radius 2 is 2.05 bits per heavy atom. The summed E-state index contributed by atoms with van der Waals surface area (Å²) in [5.41, 5.74) is 2.45. The molecule has 0 saturated heterocycles. The number of benzene rings is 1. The molecule has 0 unspecified atom stereocenters. The van der Waals surface area contributed by atoms with Crippen LogP contribution in [0.3, 0.4) is 0 Å². The van der Waals surface area contributed by atoms with Gasteiger partial charge in [-0.1, -0.05) is 32.0 Å². The molecule has 1 aromatic carbocycles. The van der Waals surface area contributed by atoms with E-state index in [0.717, 1.165) is 23.2 Å². The number of hydrogen-bond acceptors (Lipinski definition) is 2. The van der Waals surface area contributed by atoms with Gasteiger partial charge in [0.05, 0.1) is 12.1 Å². The molecule has 0 bridgehead atoms. The second-order valence-electron chi connectivity index (χ2n) is 5.72. The number of aryl methyl sites for hydroxylation is 1. The quantitative estimate of drug-likeness (QED) is 0.908. The number of anilines is 1. The van der Waals surface area contributed by atoms with E-state index in [2.05, 4.69) is 0 Å². The molecule has 0 aliphatic carbocycles. The minimum atomic E-state index is -0.826. The average molecular weight is 261 g/mol. The van der Waals surface area contributed by atoms with E-state index in [9.17, 15) is 9.59 Å². The minimum absolute atomic E-state index is 0.0471. The number of fused-ring (bicyclic) bond motifs is 1. The third-order valence-electron chi connectivity index (χ3n) is 3.76. The van der Waals surface area contributed by atoms with Crippen LogP contribution < -0.4 is 4.90 Å². The van der Waals surface area contributed by atoms with E-state index >= 15 is 0 Å². The lowest BCUT2D eigenvalue weighted by Gasteiger charge is -2.34. The van der Waals surface area contributed by atoms with Gasteiger partial charge in [0, 0.05) is 18.9 Å². The molecule has 1 aliphatic rings. The molecule has 1 aliphatic heterocycles. The summed E-state index contributed by atoms with van der Waals surface area (Å²) >= 11 is 0. The van der Waals surface area contributed by atoms with Gasteiger partial charge in [-0.25, -0.2) is 0 Å². The highest BCUT2D eigenvalue weighted by Gasteiger charge is 2.32. The zero-order chi connectivity index (χ0) is 14.2. The molecule has 4 heteroatoms. The number of aliphatic carboxylic acids is 1. The van der Waals surface area contributed by atoms with Crippen molar-refractivity contribution in [1.29, 1.82) is 0 Å². The number of carboxylic acids is 1. The molecule has 0 atom stereocenters. The van der Waals surface area contributed by atoms with Crippen LogP contribution in [0.25, 0.3) is 0 Å². The Hall–Kier alpha value is -1.84. The molecule has 2 rings (SSSR count). The van der Waals surface area contributed by atoms with Crippen molar-refractivity contribution in [3.8, 4) is 0 Å². The molecule has 0 aromatic heterocycles. The Morgan fingerprint density at radius 3 is 2.68 bits per heavy atom.